The van der Waals surface area contributed by atoms with E-state index in [2.05, 4.69) is 43.3 Å². The maximum atomic E-state index is 2.30. The van der Waals surface area contributed by atoms with Gasteiger partial charge in [0.2, 0.25) is 0 Å². The van der Waals surface area contributed by atoms with Gasteiger partial charge >= 0.3 is 82.3 Å². The first-order valence-electron chi connectivity index (χ1n) is 3.74. The van der Waals surface area contributed by atoms with Crippen LogP contribution in [0.1, 0.15) is 18.1 Å². The summed E-state index contributed by atoms with van der Waals surface area (Å²) in [6.07, 6.45) is 4.53. The molecule has 0 aromatic heterocycles. The molecule has 0 aliphatic heterocycles. The van der Waals surface area contributed by atoms with Gasteiger partial charge in [0.1, 0.15) is 0 Å². The summed E-state index contributed by atoms with van der Waals surface area (Å²) in [5, 5.41) is 0. The molecule has 0 fully saturated rings. The van der Waals surface area contributed by atoms with Gasteiger partial charge in [-0.25, -0.2) is 0 Å². The number of halogens is 3. The molecule has 1 aromatic carbocycles. The van der Waals surface area contributed by atoms with Crippen LogP contribution < -0.4 is 0 Å². The molecule has 77 valence electrons. The Morgan fingerprint density at radius 3 is 2.21 bits per heavy atom. The second-order valence-corrected chi connectivity index (χ2v) is 5.68. The normalized spacial score (nSPS) is 21.1. The molecule has 1 atom stereocenters. The van der Waals surface area contributed by atoms with Crippen molar-refractivity contribution in [1.82, 2.24) is 0 Å². The van der Waals surface area contributed by atoms with Crippen LogP contribution in [0.2, 0.25) is 0 Å². The van der Waals surface area contributed by atoms with E-state index in [1.165, 1.54) is 11.1 Å². The third-order valence-corrected chi connectivity index (χ3v) is 3.19. The van der Waals surface area contributed by atoms with E-state index < -0.39 is 0 Å². The van der Waals surface area contributed by atoms with Crippen LogP contribution in [-0.4, -0.2) is 0 Å². The monoisotopic (exact) mass is 279 g/mol. The predicted octanol–water partition coefficient (Wildman–Crippen LogP) is 2.93. The largest absolute Gasteiger partial charge is 0.269 e. The molecule has 1 aliphatic rings. The van der Waals surface area contributed by atoms with Crippen molar-refractivity contribution in [3.8, 4) is 0 Å². The number of hydrogen-bond acceptors (Lipinski definition) is 0. The first-order valence-corrected chi connectivity index (χ1v) is 4.97. The number of benzene rings is 1. The van der Waals surface area contributed by atoms with Crippen LogP contribution in [0.5, 0.6) is 0 Å². The third-order valence-electron chi connectivity index (χ3n) is 2.12. The molecule has 2 rings (SSSR count). The van der Waals surface area contributed by atoms with Gasteiger partial charge in [0.05, 0.1) is 0 Å². The number of allylic oxidation sites excluding steroid dienone is 1. The zero-order valence-electron chi connectivity index (χ0n) is 7.69. The summed E-state index contributed by atoms with van der Waals surface area (Å²) in [5.74, 6) is 0. The molecule has 0 radical (unpaired) electrons. The first kappa shape index (κ1) is 16.1. The minimum absolute atomic E-state index is 0. The first-order chi connectivity index (χ1) is 5.20. The van der Waals surface area contributed by atoms with Crippen molar-refractivity contribution >= 4 is 6.08 Å². The third kappa shape index (κ3) is 2.57. The SMILES string of the molecule is C[C]1([Zr])C=Cc2ccccc21.F.F.F. The van der Waals surface area contributed by atoms with Crippen LogP contribution in [-0.2, 0) is 27.8 Å². The van der Waals surface area contributed by atoms with E-state index in [9.17, 15) is 0 Å². The van der Waals surface area contributed by atoms with E-state index in [0.717, 1.165) is 0 Å². The van der Waals surface area contributed by atoms with Crippen LogP contribution in [0.4, 0.5) is 14.1 Å². The molecule has 0 heterocycles. The minimum atomic E-state index is 0. The minimum Gasteiger partial charge on any atom is -0.269 e. The van der Waals surface area contributed by atoms with Crippen LogP contribution >= 0.6 is 0 Å². The Balaban J connectivity index is 0. The Hall–Kier alpha value is -0.367. The van der Waals surface area contributed by atoms with Gasteiger partial charge in [0.15, 0.2) is 0 Å². The van der Waals surface area contributed by atoms with Gasteiger partial charge in [-0.2, -0.15) is 0 Å². The van der Waals surface area contributed by atoms with Crippen molar-refractivity contribution in [2.24, 2.45) is 0 Å². The van der Waals surface area contributed by atoms with Gasteiger partial charge < -0.3 is 0 Å². The molecule has 1 unspecified atom stereocenters. The summed E-state index contributed by atoms with van der Waals surface area (Å²) in [5.41, 5.74) is 2.88. The Kier molecular flexibility index (Phi) is 6.31. The molecule has 0 saturated carbocycles. The number of rotatable bonds is 0. The molecule has 1 aliphatic carbocycles. The van der Waals surface area contributed by atoms with Crippen LogP contribution in [0.25, 0.3) is 6.08 Å². The Labute approximate surface area is 96.4 Å². The summed E-state index contributed by atoms with van der Waals surface area (Å²) < 4.78 is 0.337. The quantitative estimate of drug-likeness (QED) is 0.685. The van der Waals surface area contributed by atoms with Crippen molar-refractivity contribution in [1.29, 1.82) is 0 Å². The summed E-state index contributed by atoms with van der Waals surface area (Å²) in [6.45, 7) is 2.29. The fraction of sp³-hybridized carbons (Fsp3) is 0.200. The molecule has 0 bridgehead atoms. The van der Waals surface area contributed by atoms with Gasteiger partial charge in [-0.05, 0) is 0 Å². The number of hydrogen-bond donors (Lipinski definition) is 0. The average molecular weight is 280 g/mol. The van der Waals surface area contributed by atoms with Crippen molar-refractivity contribution in [3.05, 3.63) is 41.5 Å². The van der Waals surface area contributed by atoms with Crippen LogP contribution in [0.3, 0.4) is 0 Å². The number of fused-ring (bicyclic) bond motifs is 1. The fourth-order valence-electron chi connectivity index (χ4n) is 1.46. The van der Waals surface area contributed by atoms with Crippen LogP contribution in [0, 0.1) is 0 Å². The van der Waals surface area contributed by atoms with Crippen molar-refractivity contribution < 1.29 is 38.8 Å². The Morgan fingerprint density at radius 2 is 1.64 bits per heavy atom. The van der Waals surface area contributed by atoms with Crippen molar-refractivity contribution in [2.75, 3.05) is 0 Å². The van der Waals surface area contributed by atoms with E-state index in [1.54, 1.807) is 24.7 Å². The zero-order chi connectivity index (χ0) is 7.90. The van der Waals surface area contributed by atoms with Gasteiger partial charge in [0, 0.05) is 0 Å². The van der Waals surface area contributed by atoms with Gasteiger partial charge in [-0.15, -0.1) is 0 Å². The van der Waals surface area contributed by atoms with Crippen molar-refractivity contribution in [2.45, 2.75) is 10.0 Å². The molecule has 14 heavy (non-hydrogen) atoms. The summed E-state index contributed by atoms with van der Waals surface area (Å²) in [4.78, 5) is 0. The second-order valence-electron chi connectivity index (χ2n) is 3.12. The standard InChI is InChI=1S/C10H9.3FH.Zr/c1-8-6-7-9-4-2-3-5-10(8)9;;;;/h2-7H,1H3;3*1H;. The molecule has 4 heteroatoms. The smallest absolute Gasteiger partial charge is 0.269 e. The second kappa shape index (κ2) is 5.50. The molecule has 0 N–H and O–H groups in total. The average Bonchev–Trinajstić information content (AvgIpc) is 2.29. The van der Waals surface area contributed by atoms with E-state index in [-0.39, 0.29) is 14.1 Å². The van der Waals surface area contributed by atoms with Gasteiger partial charge in [-0.1, -0.05) is 0 Å². The topological polar surface area (TPSA) is 0 Å². The van der Waals surface area contributed by atoms with Crippen LogP contribution in [0.15, 0.2) is 30.3 Å². The van der Waals surface area contributed by atoms with E-state index in [4.69, 9.17) is 0 Å². The van der Waals surface area contributed by atoms with Gasteiger partial charge in [0.25, 0.3) is 0 Å². The molecule has 0 amide bonds. The molecular formula is C10H12F3Zr. The molecule has 0 saturated heterocycles. The maximum absolute atomic E-state index is 2.30. The maximum Gasteiger partial charge on any atom is -0.269 e. The van der Waals surface area contributed by atoms with Gasteiger partial charge in [-0.3, -0.25) is 14.1 Å². The predicted molar refractivity (Wildman–Crippen MR) is 50.3 cm³/mol. The molecular weight excluding hydrogens is 268 g/mol. The summed E-state index contributed by atoms with van der Waals surface area (Å²) in [6, 6.07) is 8.62. The summed E-state index contributed by atoms with van der Waals surface area (Å²) in [7, 11) is 0. The van der Waals surface area contributed by atoms with Crippen molar-refractivity contribution in [3.63, 3.8) is 0 Å². The Bertz CT molecular complexity index is 321. The summed E-state index contributed by atoms with van der Waals surface area (Å²) >= 11 is 1.57. The Morgan fingerprint density at radius 1 is 1.07 bits per heavy atom. The zero-order valence-corrected chi connectivity index (χ0v) is 10.1. The van der Waals surface area contributed by atoms with E-state index in [1.807, 2.05) is 0 Å². The molecule has 0 nitrogen and oxygen atoms in total. The fourth-order valence-corrected chi connectivity index (χ4v) is 2.23. The van der Waals surface area contributed by atoms with E-state index >= 15 is 0 Å². The molecule has 1 aromatic rings. The molecule has 0 spiro atoms. The van der Waals surface area contributed by atoms with E-state index in [0.29, 0.717) is 3.12 Å².